The Balaban J connectivity index is 2.05. The van der Waals surface area contributed by atoms with Crippen molar-refractivity contribution in [2.75, 3.05) is 7.11 Å². The topological polar surface area (TPSA) is 71.7 Å². The van der Waals surface area contributed by atoms with E-state index in [0.29, 0.717) is 13.0 Å². The van der Waals surface area contributed by atoms with E-state index in [1.54, 1.807) is 7.11 Å². The molecule has 0 aromatic heterocycles. The number of carbonyl (C=O) groups excluding carboxylic acids is 1. The summed E-state index contributed by atoms with van der Waals surface area (Å²) in [6, 6.07) is 27.5. The fraction of sp³-hybridized carbons (Fsp3) is 0.208. The van der Waals surface area contributed by atoms with E-state index in [-0.39, 0.29) is 6.42 Å². The molecule has 3 rings (SSSR count). The Bertz CT molecular complexity index is 927. The molecule has 0 aliphatic heterocycles. The zero-order valence-corrected chi connectivity index (χ0v) is 16.4. The minimum absolute atomic E-state index is 0.110. The van der Waals surface area contributed by atoms with Crippen LogP contribution in [0.2, 0.25) is 0 Å². The van der Waals surface area contributed by atoms with Gasteiger partial charge in [0.05, 0.1) is 13.7 Å². The maximum Gasteiger partial charge on any atom is 0.264 e. The second-order valence-corrected chi connectivity index (χ2v) is 6.70. The summed E-state index contributed by atoms with van der Waals surface area (Å²) in [6.07, 6.45) is 0.483. The highest BCUT2D eigenvalue weighted by Gasteiger charge is 2.36. The monoisotopic (exact) mass is 388 g/mol. The number of rotatable bonds is 9. The number of ether oxygens (including phenoxy) is 2. The van der Waals surface area contributed by atoms with Crippen molar-refractivity contribution in [3.05, 3.63) is 102 Å². The first kappa shape index (κ1) is 20.4. The first-order valence-corrected chi connectivity index (χ1v) is 9.46. The highest BCUT2D eigenvalue weighted by Crippen LogP contribution is 2.39. The van der Waals surface area contributed by atoms with Gasteiger partial charge in [-0.25, -0.2) is 5.53 Å². The van der Waals surface area contributed by atoms with Crippen LogP contribution in [-0.2, 0) is 21.7 Å². The molecule has 0 aliphatic carbocycles. The molecular weight excluding hydrogens is 364 g/mol. The SMILES string of the molecule is COc1ccc(C(CCC(=O)N=N)(OCc2ccccc2)c2ccccc2)cc1. The molecule has 0 bridgehead atoms. The fourth-order valence-corrected chi connectivity index (χ4v) is 3.38. The van der Waals surface area contributed by atoms with E-state index >= 15 is 0 Å². The summed E-state index contributed by atoms with van der Waals surface area (Å²) in [5, 5.41) is 3.06. The van der Waals surface area contributed by atoms with Gasteiger partial charge in [0.1, 0.15) is 11.4 Å². The molecule has 1 amide bonds. The lowest BCUT2D eigenvalue weighted by Crippen LogP contribution is -2.32. The van der Waals surface area contributed by atoms with E-state index in [4.69, 9.17) is 15.0 Å². The molecule has 1 atom stereocenters. The van der Waals surface area contributed by atoms with Crippen LogP contribution < -0.4 is 4.74 Å². The number of nitrogens with one attached hydrogen (secondary N) is 1. The average molecular weight is 388 g/mol. The molecule has 1 N–H and O–H groups in total. The summed E-state index contributed by atoms with van der Waals surface area (Å²) in [5.41, 5.74) is 9.07. The lowest BCUT2D eigenvalue weighted by atomic mass is 9.82. The number of nitrogens with zero attached hydrogens (tertiary/aromatic N) is 1. The van der Waals surface area contributed by atoms with E-state index in [9.17, 15) is 4.79 Å². The number of hydrogen-bond donors (Lipinski definition) is 1. The molecule has 0 saturated heterocycles. The van der Waals surface area contributed by atoms with Crippen molar-refractivity contribution in [1.29, 1.82) is 5.53 Å². The summed E-state index contributed by atoms with van der Waals surface area (Å²) in [5.74, 6) is 0.276. The van der Waals surface area contributed by atoms with Crippen LogP contribution >= 0.6 is 0 Å². The van der Waals surface area contributed by atoms with Crippen LogP contribution in [0.5, 0.6) is 5.75 Å². The standard InChI is InChI=1S/C24H24N2O3/c1-28-22-14-12-21(13-15-22)24(17-16-23(27)26-25,20-10-6-3-7-11-20)29-18-19-8-4-2-5-9-19/h2-15,25H,16-18H2,1H3. The van der Waals surface area contributed by atoms with Gasteiger partial charge in [-0.2, -0.15) is 0 Å². The number of benzene rings is 3. The number of carbonyl (C=O) groups is 1. The predicted octanol–water partition coefficient (Wildman–Crippen LogP) is 5.49. The van der Waals surface area contributed by atoms with Gasteiger partial charge < -0.3 is 9.47 Å². The zero-order chi connectivity index (χ0) is 20.5. The van der Waals surface area contributed by atoms with E-state index < -0.39 is 11.5 Å². The van der Waals surface area contributed by atoms with Crippen molar-refractivity contribution in [3.63, 3.8) is 0 Å². The molecule has 0 aliphatic rings. The number of amides is 1. The van der Waals surface area contributed by atoms with Gasteiger partial charge in [-0.3, -0.25) is 4.79 Å². The average Bonchev–Trinajstić information content (AvgIpc) is 2.80. The van der Waals surface area contributed by atoms with Crippen LogP contribution in [0, 0.1) is 5.53 Å². The smallest absolute Gasteiger partial charge is 0.264 e. The third-order valence-corrected chi connectivity index (χ3v) is 4.94. The van der Waals surface area contributed by atoms with Crippen LogP contribution in [0.1, 0.15) is 29.5 Å². The van der Waals surface area contributed by atoms with Crippen molar-refractivity contribution in [3.8, 4) is 5.75 Å². The molecular formula is C24H24N2O3. The Kier molecular flexibility index (Phi) is 6.87. The van der Waals surface area contributed by atoms with E-state index in [2.05, 4.69) is 5.11 Å². The van der Waals surface area contributed by atoms with Gasteiger partial charge in [-0.1, -0.05) is 72.8 Å². The maximum absolute atomic E-state index is 11.9. The van der Waals surface area contributed by atoms with Crippen molar-refractivity contribution in [2.45, 2.75) is 25.0 Å². The van der Waals surface area contributed by atoms with Crippen LogP contribution in [0.4, 0.5) is 0 Å². The van der Waals surface area contributed by atoms with Gasteiger partial charge in [0.15, 0.2) is 0 Å². The third-order valence-electron chi connectivity index (χ3n) is 4.94. The second-order valence-electron chi connectivity index (χ2n) is 6.70. The highest BCUT2D eigenvalue weighted by molar-refractivity contribution is 5.76. The molecule has 29 heavy (non-hydrogen) atoms. The molecule has 0 spiro atoms. The molecule has 1 unspecified atom stereocenters. The van der Waals surface area contributed by atoms with Crippen molar-refractivity contribution < 1.29 is 14.3 Å². The number of methoxy groups -OCH3 is 1. The van der Waals surface area contributed by atoms with Crippen LogP contribution in [0.3, 0.4) is 0 Å². The van der Waals surface area contributed by atoms with E-state index in [1.165, 1.54) is 0 Å². The van der Waals surface area contributed by atoms with E-state index in [1.807, 2.05) is 84.9 Å². The van der Waals surface area contributed by atoms with E-state index in [0.717, 1.165) is 22.4 Å². The Labute approximate surface area is 170 Å². The molecule has 3 aromatic rings. The second kappa shape index (κ2) is 9.75. The normalized spacial score (nSPS) is 12.7. The molecule has 5 nitrogen and oxygen atoms in total. The predicted molar refractivity (Wildman–Crippen MR) is 111 cm³/mol. The molecule has 0 saturated carbocycles. The zero-order valence-electron chi connectivity index (χ0n) is 16.4. The number of hydrogen-bond acceptors (Lipinski definition) is 4. The molecule has 0 heterocycles. The van der Waals surface area contributed by atoms with Crippen LogP contribution in [-0.4, -0.2) is 13.0 Å². The summed E-state index contributed by atoms with van der Waals surface area (Å²) in [7, 11) is 1.62. The van der Waals surface area contributed by atoms with Gasteiger partial charge >= 0.3 is 0 Å². The molecule has 148 valence electrons. The Morgan fingerprint density at radius 3 is 2.07 bits per heavy atom. The van der Waals surface area contributed by atoms with Crippen molar-refractivity contribution >= 4 is 5.91 Å². The fourth-order valence-electron chi connectivity index (χ4n) is 3.38. The van der Waals surface area contributed by atoms with Crippen molar-refractivity contribution in [2.24, 2.45) is 5.11 Å². The summed E-state index contributed by atoms with van der Waals surface area (Å²) in [4.78, 5) is 11.9. The summed E-state index contributed by atoms with van der Waals surface area (Å²) in [6.45, 7) is 0.383. The minimum atomic E-state index is -0.857. The van der Waals surface area contributed by atoms with Crippen LogP contribution in [0.25, 0.3) is 0 Å². The Morgan fingerprint density at radius 1 is 0.897 bits per heavy atom. The van der Waals surface area contributed by atoms with Gasteiger partial charge in [0, 0.05) is 6.42 Å². The minimum Gasteiger partial charge on any atom is -0.497 e. The van der Waals surface area contributed by atoms with Gasteiger partial charge in [-0.15, -0.1) is 5.11 Å². The summed E-state index contributed by atoms with van der Waals surface area (Å²) >= 11 is 0. The first-order valence-electron chi connectivity index (χ1n) is 9.46. The lowest BCUT2D eigenvalue weighted by molar-refractivity contribution is -0.120. The lowest BCUT2D eigenvalue weighted by Gasteiger charge is -2.35. The Hall–Kier alpha value is -3.31. The molecule has 3 aromatic carbocycles. The van der Waals surface area contributed by atoms with Crippen molar-refractivity contribution in [1.82, 2.24) is 0 Å². The van der Waals surface area contributed by atoms with Gasteiger partial charge in [0.25, 0.3) is 5.91 Å². The third kappa shape index (κ3) is 4.95. The highest BCUT2D eigenvalue weighted by atomic mass is 16.5. The molecule has 0 fully saturated rings. The first-order chi connectivity index (χ1) is 14.2. The van der Waals surface area contributed by atoms with Gasteiger partial charge in [-0.05, 0) is 35.2 Å². The quantitative estimate of drug-likeness (QED) is 0.492. The van der Waals surface area contributed by atoms with Gasteiger partial charge in [0.2, 0.25) is 0 Å². The maximum atomic E-state index is 11.9. The van der Waals surface area contributed by atoms with Crippen LogP contribution in [0.15, 0.2) is 90.0 Å². The molecule has 5 heteroatoms. The Morgan fingerprint density at radius 2 is 1.48 bits per heavy atom. The molecule has 0 radical (unpaired) electrons. The largest absolute Gasteiger partial charge is 0.497 e. The summed E-state index contributed by atoms with van der Waals surface area (Å²) < 4.78 is 11.9.